The van der Waals surface area contributed by atoms with Crippen molar-refractivity contribution in [1.29, 1.82) is 0 Å². The Labute approximate surface area is 114 Å². The van der Waals surface area contributed by atoms with Gasteiger partial charge in [-0.15, -0.1) is 0 Å². The number of aryl methyl sites for hydroxylation is 2. The summed E-state index contributed by atoms with van der Waals surface area (Å²) in [4.78, 5) is 4.58. The zero-order chi connectivity index (χ0) is 13.4. The van der Waals surface area contributed by atoms with Crippen molar-refractivity contribution in [3.05, 3.63) is 52.6 Å². The van der Waals surface area contributed by atoms with E-state index in [0.717, 1.165) is 19.5 Å². The van der Waals surface area contributed by atoms with Crippen LogP contribution in [0.5, 0.6) is 0 Å². The van der Waals surface area contributed by atoms with E-state index in [1.807, 2.05) is 6.33 Å². The van der Waals surface area contributed by atoms with Crippen LogP contribution in [0.3, 0.4) is 0 Å². The van der Waals surface area contributed by atoms with Gasteiger partial charge in [-0.25, -0.2) is 4.98 Å². The van der Waals surface area contributed by atoms with Crippen LogP contribution in [0.15, 0.2) is 24.5 Å². The minimum atomic E-state index is 0.379. The van der Waals surface area contributed by atoms with Gasteiger partial charge in [0.15, 0.2) is 0 Å². The molecule has 2 aromatic rings. The fourth-order valence-electron chi connectivity index (χ4n) is 2.90. The Bertz CT molecular complexity index is 598. The predicted octanol–water partition coefficient (Wildman–Crippen LogP) is 2.75. The molecule has 0 spiro atoms. The van der Waals surface area contributed by atoms with Gasteiger partial charge < -0.3 is 9.88 Å². The molecular weight excluding hydrogens is 234 g/mol. The van der Waals surface area contributed by atoms with E-state index in [1.165, 1.54) is 28.1 Å². The molecule has 0 aliphatic carbocycles. The van der Waals surface area contributed by atoms with Crippen molar-refractivity contribution in [2.45, 2.75) is 39.8 Å². The van der Waals surface area contributed by atoms with Crippen molar-refractivity contribution in [2.75, 3.05) is 6.54 Å². The van der Waals surface area contributed by atoms with E-state index in [4.69, 9.17) is 0 Å². The Balaban J connectivity index is 1.92. The van der Waals surface area contributed by atoms with Crippen molar-refractivity contribution < 1.29 is 0 Å². The van der Waals surface area contributed by atoms with Crippen LogP contribution in [0.4, 0.5) is 0 Å². The van der Waals surface area contributed by atoms with Crippen molar-refractivity contribution >= 4 is 0 Å². The molecule has 100 valence electrons. The largest absolute Gasteiger partial charge is 0.330 e. The molecule has 0 saturated heterocycles. The lowest BCUT2D eigenvalue weighted by molar-refractivity contribution is 0.516. The van der Waals surface area contributed by atoms with E-state index in [9.17, 15) is 0 Å². The lowest BCUT2D eigenvalue weighted by Gasteiger charge is -2.21. The van der Waals surface area contributed by atoms with Crippen LogP contribution in [-0.2, 0) is 13.0 Å². The van der Waals surface area contributed by atoms with E-state index >= 15 is 0 Å². The summed E-state index contributed by atoms with van der Waals surface area (Å²) in [5.41, 5.74) is 6.69. The van der Waals surface area contributed by atoms with Crippen LogP contribution >= 0.6 is 0 Å². The van der Waals surface area contributed by atoms with Gasteiger partial charge in [0.25, 0.3) is 0 Å². The van der Waals surface area contributed by atoms with Crippen LogP contribution in [-0.4, -0.2) is 16.1 Å². The van der Waals surface area contributed by atoms with E-state index in [2.05, 4.69) is 53.8 Å². The summed E-state index contributed by atoms with van der Waals surface area (Å²) in [6, 6.07) is 7.06. The number of aromatic nitrogens is 2. The van der Waals surface area contributed by atoms with Crippen LogP contribution < -0.4 is 5.32 Å². The lowest BCUT2D eigenvalue weighted by Crippen LogP contribution is -2.29. The van der Waals surface area contributed by atoms with Crippen molar-refractivity contribution in [3.63, 3.8) is 0 Å². The van der Waals surface area contributed by atoms with E-state index < -0.39 is 0 Å². The average Bonchev–Trinajstić information content (AvgIpc) is 2.78. The summed E-state index contributed by atoms with van der Waals surface area (Å²) >= 11 is 0. The summed E-state index contributed by atoms with van der Waals surface area (Å²) < 4.78 is 2.31. The third-order valence-electron chi connectivity index (χ3n) is 4.04. The fourth-order valence-corrected chi connectivity index (χ4v) is 2.90. The zero-order valence-electron chi connectivity index (χ0n) is 11.9. The number of nitrogens with zero attached hydrogens (tertiary/aromatic N) is 2. The molecule has 3 rings (SSSR count). The van der Waals surface area contributed by atoms with Crippen molar-refractivity contribution in [3.8, 4) is 0 Å². The van der Waals surface area contributed by atoms with Crippen LogP contribution in [0.1, 0.15) is 41.0 Å². The van der Waals surface area contributed by atoms with Gasteiger partial charge in [-0.2, -0.15) is 0 Å². The van der Waals surface area contributed by atoms with Gasteiger partial charge in [-0.05, 0) is 31.9 Å². The summed E-state index contributed by atoms with van der Waals surface area (Å²) in [5, 5.41) is 3.46. The van der Waals surface area contributed by atoms with Crippen LogP contribution in [0, 0.1) is 13.8 Å². The SMILES string of the molecule is Cc1ccc(Cn2cnc3c2CCNC3C)c(C)c1. The third-order valence-corrected chi connectivity index (χ3v) is 4.04. The van der Waals surface area contributed by atoms with Gasteiger partial charge in [-0.1, -0.05) is 23.8 Å². The molecule has 1 aromatic heterocycles. The molecule has 0 saturated carbocycles. The molecule has 3 heteroatoms. The highest BCUT2D eigenvalue weighted by molar-refractivity contribution is 5.31. The van der Waals surface area contributed by atoms with E-state index in [0.29, 0.717) is 6.04 Å². The van der Waals surface area contributed by atoms with Gasteiger partial charge >= 0.3 is 0 Å². The first-order valence-corrected chi connectivity index (χ1v) is 6.98. The number of hydrogen-bond acceptors (Lipinski definition) is 2. The van der Waals surface area contributed by atoms with Gasteiger partial charge in [0.05, 0.1) is 12.0 Å². The molecule has 1 unspecified atom stereocenters. The summed E-state index contributed by atoms with van der Waals surface area (Å²) in [7, 11) is 0. The number of nitrogens with one attached hydrogen (secondary N) is 1. The first kappa shape index (κ1) is 12.4. The Morgan fingerprint density at radius 3 is 3.00 bits per heavy atom. The maximum absolute atomic E-state index is 4.58. The van der Waals surface area contributed by atoms with Crippen molar-refractivity contribution in [1.82, 2.24) is 14.9 Å². The van der Waals surface area contributed by atoms with Gasteiger partial charge in [0, 0.05) is 31.2 Å². The first-order valence-electron chi connectivity index (χ1n) is 6.98. The maximum atomic E-state index is 4.58. The molecule has 0 radical (unpaired) electrons. The molecule has 1 N–H and O–H groups in total. The van der Waals surface area contributed by atoms with Crippen LogP contribution in [0.2, 0.25) is 0 Å². The number of rotatable bonds is 2. The van der Waals surface area contributed by atoms with E-state index in [-0.39, 0.29) is 0 Å². The van der Waals surface area contributed by atoms with Gasteiger partial charge in [0.1, 0.15) is 0 Å². The summed E-state index contributed by atoms with van der Waals surface area (Å²) in [6.45, 7) is 8.50. The number of benzene rings is 1. The molecule has 0 bridgehead atoms. The molecule has 19 heavy (non-hydrogen) atoms. The molecule has 1 aliphatic rings. The minimum absolute atomic E-state index is 0.379. The minimum Gasteiger partial charge on any atom is -0.330 e. The topological polar surface area (TPSA) is 29.9 Å². The highest BCUT2D eigenvalue weighted by Crippen LogP contribution is 2.22. The molecule has 0 fully saturated rings. The number of hydrogen-bond donors (Lipinski definition) is 1. The Hall–Kier alpha value is -1.61. The second-order valence-electron chi connectivity index (χ2n) is 5.56. The normalized spacial score (nSPS) is 18.4. The quantitative estimate of drug-likeness (QED) is 0.894. The smallest absolute Gasteiger partial charge is 0.0955 e. The third kappa shape index (κ3) is 2.30. The second kappa shape index (κ2) is 4.82. The molecule has 0 amide bonds. The molecule has 1 aliphatic heterocycles. The van der Waals surface area contributed by atoms with Crippen LogP contribution in [0.25, 0.3) is 0 Å². The molecule has 1 atom stereocenters. The maximum Gasteiger partial charge on any atom is 0.0955 e. The highest BCUT2D eigenvalue weighted by atomic mass is 15.1. The zero-order valence-corrected chi connectivity index (χ0v) is 11.9. The average molecular weight is 255 g/mol. The van der Waals surface area contributed by atoms with E-state index in [1.54, 1.807) is 0 Å². The number of fused-ring (bicyclic) bond motifs is 1. The number of imidazole rings is 1. The Morgan fingerprint density at radius 1 is 1.37 bits per heavy atom. The fraction of sp³-hybridized carbons (Fsp3) is 0.438. The first-order chi connectivity index (χ1) is 9.15. The molecular formula is C16H21N3. The van der Waals surface area contributed by atoms with Gasteiger partial charge in [0.2, 0.25) is 0 Å². The molecule has 2 heterocycles. The monoisotopic (exact) mass is 255 g/mol. The highest BCUT2D eigenvalue weighted by Gasteiger charge is 2.20. The Kier molecular flexibility index (Phi) is 3.15. The predicted molar refractivity (Wildman–Crippen MR) is 77.4 cm³/mol. The van der Waals surface area contributed by atoms with Gasteiger partial charge in [-0.3, -0.25) is 0 Å². The van der Waals surface area contributed by atoms with Crippen molar-refractivity contribution in [2.24, 2.45) is 0 Å². The second-order valence-corrected chi connectivity index (χ2v) is 5.56. The summed E-state index contributed by atoms with van der Waals surface area (Å²) in [6.07, 6.45) is 3.07. The Morgan fingerprint density at radius 2 is 2.21 bits per heavy atom. The molecule has 1 aromatic carbocycles. The lowest BCUT2D eigenvalue weighted by atomic mass is 10.0. The summed E-state index contributed by atoms with van der Waals surface area (Å²) in [5.74, 6) is 0. The standard InChI is InChI=1S/C16H21N3/c1-11-4-5-14(12(2)8-11)9-19-10-18-16-13(3)17-7-6-15(16)19/h4-5,8,10,13,17H,6-7,9H2,1-3H3. The molecule has 3 nitrogen and oxygen atoms in total.